The fourth-order valence-corrected chi connectivity index (χ4v) is 2.16. The minimum absolute atomic E-state index is 0.762. The Balaban J connectivity index is 2.29. The summed E-state index contributed by atoms with van der Waals surface area (Å²) in [4.78, 5) is 3.33. The van der Waals surface area contributed by atoms with Crippen molar-refractivity contribution in [3.8, 4) is 11.3 Å². The topological polar surface area (TPSA) is 15.8 Å². The van der Waals surface area contributed by atoms with Crippen LogP contribution in [0.2, 0.25) is 5.02 Å². The molecule has 1 nitrogen and oxygen atoms in total. The molecular weight excluding hydrogens is 218 g/mol. The van der Waals surface area contributed by atoms with Crippen LogP contribution in [0.25, 0.3) is 22.2 Å². The zero-order valence-electron chi connectivity index (χ0n) is 8.50. The number of nitrogens with one attached hydrogen (secondary N) is 1. The smallest absolute Gasteiger partial charge is 0.0740 e. The summed E-state index contributed by atoms with van der Waals surface area (Å²) in [5, 5.41) is 1.78. The standard InChI is InChI=1S/C14H9ClN/c15-13-11-8-4-5-9-12(11)16-14(13)10-6-2-1-3-7-10/h1-3,5-9,16H. The van der Waals surface area contributed by atoms with Gasteiger partial charge < -0.3 is 4.98 Å². The second-order valence-electron chi connectivity index (χ2n) is 3.65. The van der Waals surface area contributed by atoms with Crippen LogP contribution in [0, 0.1) is 6.07 Å². The molecule has 0 saturated carbocycles. The maximum atomic E-state index is 6.34. The van der Waals surface area contributed by atoms with Crippen LogP contribution < -0.4 is 0 Å². The van der Waals surface area contributed by atoms with Crippen molar-refractivity contribution in [1.82, 2.24) is 4.98 Å². The first-order valence-electron chi connectivity index (χ1n) is 5.09. The number of hydrogen-bond acceptors (Lipinski definition) is 0. The third-order valence-electron chi connectivity index (χ3n) is 2.64. The van der Waals surface area contributed by atoms with E-state index in [1.54, 1.807) is 0 Å². The summed E-state index contributed by atoms with van der Waals surface area (Å²) in [5.74, 6) is 0. The van der Waals surface area contributed by atoms with E-state index in [1.807, 2.05) is 48.5 Å². The average Bonchev–Trinajstić information content (AvgIpc) is 2.69. The Kier molecular flexibility index (Phi) is 2.19. The summed E-state index contributed by atoms with van der Waals surface area (Å²) in [7, 11) is 0. The van der Waals surface area contributed by atoms with Gasteiger partial charge in [-0.2, -0.15) is 0 Å². The summed E-state index contributed by atoms with van der Waals surface area (Å²) in [6, 6.07) is 18.9. The third kappa shape index (κ3) is 1.41. The molecule has 0 aliphatic heterocycles. The highest BCUT2D eigenvalue weighted by Crippen LogP contribution is 2.33. The van der Waals surface area contributed by atoms with Crippen molar-refractivity contribution in [2.45, 2.75) is 0 Å². The van der Waals surface area contributed by atoms with E-state index in [4.69, 9.17) is 11.6 Å². The molecule has 0 spiro atoms. The van der Waals surface area contributed by atoms with Crippen LogP contribution in [-0.4, -0.2) is 4.98 Å². The van der Waals surface area contributed by atoms with Crippen molar-refractivity contribution in [1.29, 1.82) is 0 Å². The van der Waals surface area contributed by atoms with Crippen LogP contribution in [0.1, 0.15) is 0 Å². The molecule has 77 valence electrons. The molecule has 2 heteroatoms. The van der Waals surface area contributed by atoms with Crippen LogP contribution in [0.15, 0.2) is 48.5 Å². The van der Waals surface area contributed by atoms with Crippen molar-refractivity contribution in [2.24, 2.45) is 0 Å². The molecule has 0 aliphatic rings. The van der Waals surface area contributed by atoms with Gasteiger partial charge >= 0.3 is 0 Å². The highest BCUT2D eigenvalue weighted by molar-refractivity contribution is 6.38. The Hall–Kier alpha value is -1.73. The van der Waals surface area contributed by atoms with Crippen molar-refractivity contribution in [3.05, 3.63) is 59.6 Å². The largest absolute Gasteiger partial charge is 0.353 e. The average molecular weight is 227 g/mol. The van der Waals surface area contributed by atoms with Gasteiger partial charge in [0.25, 0.3) is 0 Å². The molecule has 1 radical (unpaired) electrons. The summed E-state index contributed by atoms with van der Waals surface area (Å²) >= 11 is 6.34. The second-order valence-corrected chi connectivity index (χ2v) is 4.03. The zero-order valence-corrected chi connectivity index (χ0v) is 9.25. The van der Waals surface area contributed by atoms with Crippen LogP contribution in [-0.2, 0) is 0 Å². The predicted octanol–water partition coefficient (Wildman–Crippen LogP) is 4.29. The number of H-pyrrole nitrogens is 1. The first-order chi connectivity index (χ1) is 7.86. The molecule has 0 amide bonds. The molecule has 1 heterocycles. The van der Waals surface area contributed by atoms with Crippen molar-refractivity contribution in [3.63, 3.8) is 0 Å². The molecule has 0 atom stereocenters. The molecule has 0 aliphatic carbocycles. The quantitative estimate of drug-likeness (QED) is 0.637. The van der Waals surface area contributed by atoms with Gasteiger partial charge in [-0.15, -0.1) is 0 Å². The highest BCUT2D eigenvalue weighted by atomic mass is 35.5. The van der Waals surface area contributed by atoms with Gasteiger partial charge in [0.2, 0.25) is 0 Å². The molecule has 0 fully saturated rings. The Morgan fingerprint density at radius 2 is 1.88 bits per heavy atom. The zero-order chi connectivity index (χ0) is 11.0. The number of rotatable bonds is 1. The Labute approximate surface area is 98.7 Å². The first-order valence-corrected chi connectivity index (χ1v) is 5.47. The lowest BCUT2D eigenvalue weighted by molar-refractivity contribution is 1.45. The number of halogens is 1. The van der Waals surface area contributed by atoms with E-state index >= 15 is 0 Å². The van der Waals surface area contributed by atoms with Crippen LogP contribution in [0.4, 0.5) is 0 Å². The number of aromatic nitrogens is 1. The van der Waals surface area contributed by atoms with Gasteiger partial charge in [-0.3, -0.25) is 0 Å². The Morgan fingerprint density at radius 1 is 1.06 bits per heavy atom. The highest BCUT2D eigenvalue weighted by Gasteiger charge is 2.09. The van der Waals surface area contributed by atoms with E-state index < -0.39 is 0 Å². The van der Waals surface area contributed by atoms with E-state index in [2.05, 4.69) is 11.1 Å². The maximum Gasteiger partial charge on any atom is 0.0740 e. The lowest BCUT2D eigenvalue weighted by Gasteiger charge is -1.97. The number of hydrogen-bond donors (Lipinski definition) is 1. The van der Waals surface area contributed by atoms with Gasteiger partial charge in [0, 0.05) is 10.9 Å². The fraction of sp³-hybridized carbons (Fsp3) is 0. The lowest BCUT2D eigenvalue weighted by Crippen LogP contribution is -1.76. The van der Waals surface area contributed by atoms with Crippen LogP contribution >= 0.6 is 11.6 Å². The molecule has 0 unspecified atom stereocenters. The van der Waals surface area contributed by atoms with Crippen LogP contribution in [0.5, 0.6) is 0 Å². The molecule has 16 heavy (non-hydrogen) atoms. The summed E-state index contributed by atoms with van der Waals surface area (Å²) in [6.45, 7) is 0. The Bertz CT molecular complexity index is 626. The van der Waals surface area contributed by atoms with E-state index in [0.717, 1.165) is 27.2 Å². The minimum atomic E-state index is 0.762. The molecule has 1 N–H and O–H groups in total. The normalized spacial score (nSPS) is 10.8. The molecule has 0 bridgehead atoms. The van der Waals surface area contributed by atoms with Crippen LogP contribution in [0.3, 0.4) is 0 Å². The van der Waals surface area contributed by atoms with E-state index in [1.165, 1.54) is 0 Å². The number of benzene rings is 2. The lowest BCUT2D eigenvalue weighted by atomic mass is 10.1. The molecular formula is C14H9ClN. The third-order valence-corrected chi connectivity index (χ3v) is 3.03. The summed E-state index contributed by atoms with van der Waals surface area (Å²) in [5.41, 5.74) is 3.11. The molecule has 3 rings (SSSR count). The van der Waals surface area contributed by atoms with Crippen molar-refractivity contribution in [2.75, 3.05) is 0 Å². The molecule has 3 aromatic rings. The van der Waals surface area contributed by atoms with E-state index in [0.29, 0.717) is 0 Å². The minimum Gasteiger partial charge on any atom is -0.353 e. The van der Waals surface area contributed by atoms with Gasteiger partial charge in [0.05, 0.1) is 10.7 Å². The summed E-state index contributed by atoms with van der Waals surface area (Å²) in [6.07, 6.45) is 0. The van der Waals surface area contributed by atoms with Gasteiger partial charge in [-0.1, -0.05) is 48.0 Å². The van der Waals surface area contributed by atoms with Gasteiger partial charge in [0.15, 0.2) is 0 Å². The van der Waals surface area contributed by atoms with Crippen molar-refractivity contribution < 1.29 is 0 Å². The van der Waals surface area contributed by atoms with E-state index in [9.17, 15) is 0 Å². The number of aromatic amines is 1. The summed E-state index contributed by atoms with van der Waals surface area (Å²) < 4.78 is 0. The molecule has 0 saturated heterocycles. The first kappa shape index (κ1) is 9.49. The molecule has 2 aromatic carbocycles. The Morgan fingerprint density at radius 3 is 2.62 bits per heavy atom. The van der Waals surface area contributed by atoms with Gasteiger partial charge in [0.1, 0.15) is 0 Å². The van der Waals surface area contributed by atoms with Gasteiger partial charge in [-0.05, 0) is 23.8 Å². The predicted molar refractivity (Wildman–Crippen MR) is 67.6 cm³/mol. The monoisotopic (exact) mass is 226 g/mol. The van der Waals surface area contributed by atoms with E-state index in [-0.39, 0.29) is 0 Å². The maximum absolute atomic E-state index is 6.34. The number of fused-ring (bicyclic) bond motifs is 1. The molecule has 1 aromatic heterocycles. The van der Waals surface area contributed by atoms with Gasteiger partial charge in [-0.25, -0.2) is 0 Å². The second kappa shape index (κ2) is 3.69. The fourth-order valence-electron chi connectivity index (χ4n) is 1.85. The SMILES string of the molecule is Clc1c(-c2ccccc2)[nH]c2cc[c]cc12. The van der Waals surface area contributed by atoms with Crippen molar-refractivity contribution >= 4 is 22.5 Å².